The zero-order chi connectivity index (χ0) is 19.7. The average molecular weight is 391 g/mol. The van der Waals surface area contributed by atoms with E-state index in [1.165, 1.54) is 18.2 Å². The fourth-order valence-corrected chi connectivity index (χ4v) is 6.62. The number of hydrogen-bond donors (Lipinski definition) is 1. The molecule has 5 heteroatoms. The van der Waals surface area contributed by atoms with Gasteiger partial charge in [0.05, 0.1) is 16.8 Å². The van der Waals surface area contributed by atoms with Crippen LogP contribution >= 0.6 is 0 Å². The van der Waals surface area contributed by atoms with Crippen molar-refractivity contribution in [2.45, 2.75) is 56.4 Å². The molecular weight excluding hydrogens is 363 g/mol. The Morgan fingerprint density at radius 2 is 1.85 bits per heavy atom. The molecule has 1 aliphatic heterocycles. The van der Waals surface area contributed by atoms with Gasteiger partial charge in [-0.2, -0.15) is 0 Å². The van der Waals surface area contributed by atoms with Gasteiger partial charge in [-0.05, 0) is 42.2 Å². The summed E-state index contributed by atoms with van der Waals surface area (Å²) in [6.45, 7) is 3.99. The number of rotatable bonds is 5. The Kier molecular flexibility index (Phi) is 5.73. The summed E-state index contributed by atoms with van der Waals surface area (Å²) in [7, 11) is -3.65. The van der Waals surface area contributed by atoms with E-state index in [0.29, 0.717) is 18.4 Å². The maximum atomic E-state index is 14.1. The first-order chi connectivity index (χ1) is 12.8. The number of fused-ring (bicyclic) bond motifs is 1. The van der Waals surface area contributed by atoms with Gasteiger partial charge in [0.1, 0.15) is 5.82 Å². The highest BCUT2D eigenvalue weighted by Crippen LogP contribution is 2.48. The highest BCUT2D eigenvalue weighted by Gasteiger charge is 2.48. The van der Waals surface area contributed by atoms with Gasteiger partial charge in [-0.1, -0.05) is 57.0 Å². The first kappa shape index (κ1) is 20.0. The van der Waals surface area contributed by atoms with E-state index in [4.69, 9.17) is 0 Å². The van der Waals surface area contributed by atoms with Gasteiger partial charge in [-0.25, -0.2) is 12.8 Å². The van der Waals surface area contributed by atoms with E-state index in [9.17, 15) is 17.9 Å². The monoisotopic (exact) mass is 390 g/mol. The van der Waals surface area contributed by atoms with Crippen LogP contribution in [0.1, 0.15) is 56.6 Å². The molecule has 0 aliphatic carbocycles. The second kappa shape index (κ2) is 7.72. The molecule has 0 spiro atoms. The van der Waals surface area contributed by atoms with E-state index < -0.39 is 33.1 Å². The maximum Gasteiger partial charge on any atom is 0.179 e. The fraction of sp³-hybridized carbons (Fsp3) is 0.455. The molecule has 0 amide bonds. The van der Waals surface area contributed by atoms with Gasteiger partial charge >= 0.3 is 0 Å². The van der Waals surface area contributed by atoms with E-state index in [-0.39, 0.29) is 10.6 Å². The molecule has 3 unspecified atom stereocenters. The molecule has 1 aliphatic rings. The Balaban J connectivity index is 2.28. The smallest absolute Gasteiger partial charge is 0.179 e. The second-order valence-corrected chi connectivity index (χ2v) is 9.55. The number of benzene rings is 2. The lowest BCUT2D eigenvalue weighted by atomic mass is 9.69. The Bertz CT molecular complexity index is 895. The van der Waals surface area contributed by atoms with Crippen molar-refractivity contribution in [1.29, 1.82) is 0 Å². The maximum absolute atomic E-state index is 14.1. The molecule has 0 fully saturated rings. The summed E-state index contributed by atoms with van der Waals surface area (Å²) in [5.41, 5.74) is 0.411. The van der Waals surface area contributed by atoms with E-state index >= 15 is 0 Å². The minimum atomic E-state index is -3.65. The van der Waals surface area contributed by atoms with Gasteiger partial charge in [0, 0.05) is 11.3 Å². The summed E-state index contributed by atoms with van der Waals surface area (Å²) in [5.74, 6) is -1.18. The van der Waals surface area contributed by atoms with Crippen LogP contribution in [0.4, 0.5) is 4.39 Å². The van der Waals surface area contributed by atoms with Crippen molar-refractivity contribution in [3.05, 3.63) is 65.5 Å². The molecule has 27 heavy (non-hydrogen) atoms. The van der Waals surface area contributed by atoms with Crippen LogP contribution in [0.3, 0.4) is 0 Å². The first-order valence-corrected chi connectivity index (χ1v) is 11.2. The summed E-state index contributed by atoms with van der Waals surface area (Å²) in [6.07, 6.45) is 2.03. The van der Waals surface area contributed by atoms with E-state index in [1.807, 2.05) is 37.3 Å². The van der Waals surface area contributed by atoms with Gasteiger partial charge in [0.2, 0.25) is 0 Å². The molecule has 0 aromatic heterocycles. The van der Waals surface area contributed by atoms with Gasteiger partial charge in [-0.15, -0.1) is 0 Å². The van der Waals surface area contributed by atoms with Gasteiger partial charge < -0.3 is 5.11 Å². The summed E-state index contributed by atoms with van der Waals surface area (Å²) < 4.78 is 40.6. The average Bonchev–Trinajstić information content (AvgIpc) is 2.72. The van der Waals surface area contributed by atoms with E-state index in [2.05, 4.69) is 6.92 Å². The van der Waals surface area contributed by atoms with Crippen molar-refractivity contribution in [3.63, 3.8) is 0 Å². The summed E-state index contributed by atoms with van der Waals surface area (Å²) in [5, 5.41) is 11.5. The van der Waals surface area contributed by atoms with Crippen LogP contribution < -0.4 is 0 Å². The molecule has 1 N–H and O–H groups in total. The molecule has 3 rings (SSSR count). The highest BCUT2D eigenvalue weighted by atomic mass is 32.2. The lowest BCUT2D eigenvalue weighted by Crippen LogP contribution is -2.42. The van der Waals surface area contributed by atoms with Crippen LogP contribution in [0.15, 0.2) is 53.4 Å². The zero-order valence-corrected chi connectivity index (χ0v) is 16.7. The van der Waals surface area contributed by atoms with Crippen molar-refractivity contribution in [3.8, 4) is 0 Å². The van der Waals surface area contributed by atoms with Crippen LogP contribution in [0.25, 0.3) is 0 Å². The third-order valence-electron chi connectivity index (χ3n) is 5.95. The third kappa shape index (κ3) is 3.67. The van der Waals surface area contributed by atoms with E-state index in [0.717, 1.165) is 18.4 Å². The third-order valence-corrected chi connectivity index (χ3v) is 7.95. The molecule has 146 valence electrons. The van der Waals surface area contributed by atoms with Crippen LogP contribution in [0.2, 0.25) is 0 Å². The summed E-state index contributed by atoms with van der Waals surface area (Å²) in [6, 6.07) is 13.2. The zero-order valence-electron chi connectivity index (χ0n) is 15.9. The van der Waals surface area contributed by atoms with Gasteiger partial charge in [0.15, 0.2) is 9.84 Å². The fourth-order valence-electron chi connectivity index (χ4n) is 4.37. The number of unbranched alkanes of at least 4 members (excludes halogenated alkanes) is 1. The minimum absolute atomic E-state index is 0.111. The lowest BCUT2D eigenvalue weighted by Gasteiger charge is -2.39. The lowest BCUT2D eigenvalue weighted by molar-refractivity contribution is 0.0173. The van der Waals surface area contributed by atoms with Crippen molar-refractivity contribution >= 4 is 9.84 Å². The Hall–Kier alpha value is -1.72. The topological polar surface area (TPSA) is 54.4 Å². The van der Waals surface area contributed by atoms with Crippen molar-refractivity contribution in [1.82, 2.24) is 0 Å². The molecule has 0 saturated carbocycles. The Morgan fingerprint density at radius 1 is 1.15 bits per heavy atom. The normalized spacial score (nSPS) is 27.0. The van der Waals surface area contributed by atoms with Crippen LogP contribution in [0.5, 0.6) is 0 Å². The Labute approximate surface area is 161 Å². The number of hydrogen-bond acceptors (Lipinski definition) is 3. The quantitative estimate of drug-likeness (QED) is 0.754. The summed E-state index contributed by atoms with van der Waals surface area (Å²) in [4.78, 5) is 0.142. The molecule has 3 nitrogen and oxygen atoms in total. The number of halogens is 1. The van der Waals surface area contributed by atoms with Crippen LogP contribution in [-0.4, -0.2) is 25.4 Å². The SMILES string of the molecule is CCCCC1(CC)CS(=O)(=O)c2ccc(F)cc2C(c2ccccc2)C1O. The molecule has 2 aromatic carbocycles. The standard InChI is InChI=1S/C22H27FO3S/c1-3-5-13-22(4-2)15-27(25,26)19-12-11-17(23)14-18(19)20(21(22)24)16-9-7-6-8-10-16/h6-12,14,20-21,24H,3-5,13,15H2,1-2H3. The summed E-state index contributed by atoms with van der Waals surface area (Å²) >= 11 is 0. The minimum Gasteiger partial charge on any atom is -0.392 e. The number of aliphatic hydroxyl groups is 1. The van der Waals surface area contributed by atoms with Gasteiger partial charge in [-0.3, -0.25) is 0 Å². The van der Waals surface area contributed by atoms with E-state index in [1.54, 1.807) is 0 Å². The molecule has 0 radical (unpaired) electrons. The van der Waals surface area contributed by atoms with Crippen molar-refractivity contribution in [2.24, 2.45) is 5.41 Å². The Morgan fingerprint density at radius 3 is 2.48 bits per heavy atom. The number of sulfone groups is 1. The van der Waals surface area contributed by atoms with Crippen LogP contribution in [-0.2, 0) is 9.84 Å². The molecule has 1 heterocycles. The molecule has 0 saturated heterocycles. The van der Waals surface area contributed by atoms with Crippen molar-refractivity contribution < 1.29 is 17.9 Å². The predicted molar refractivity (Wildman–Crippen MR) is 105 cm³/mol. The molecular formula is C22H27FO3S. The van der Waals surface area contributed by atoms with Crippen LogP contribution in [0, 0.1) is 11.2 Å². The molecule has 3 atom stereocenters. The second-order valence-electron chi connectivity index (χ2n) is 7.59. The predicted octanol–water partition coefficient (Wildman–Crippen LogP) is 4.69. The first-order valence-electron chi connectivity index (χ1n) is 9.60. The largest absolute Gasteiger partial charge is 0.392 e. The van der Waals surface area contributed by atoms with Gasteiger partial charge in [0.25, 0.3) is 0 Å². The molecule has 2 aromatic rings. The number of aliphatic hydroxyl groups excluding tert-OH is 1. The highest BCUT2D eigenvalue weighted by molar-refractivity contribution is 7.91. The van der Waals surface area contributed by atoms with Crippen molar-refractivity contribution in [2.75, 3.05) is 5.75 Å². The molecule has 0 bridgehead atoms.